The Morgan fingerprint density at radius 1 is 1.27 bits per heavy atom. The van der Waals surface area contributed by atoms with Crippen molar-refractivity contribution in [2.75, 3.05) is 44.3 Å². The molecule has 3 fully saturated rings. The predicted octanol–water partition coefficient (Wildman–Crippen LogP) is 2.54. The van der Waals surface area contributed by atoms with Gasteiger partial charge in [-0.3, -0.25) is 4.79 Å². The Bertz CT molecular complexity index is 658. The Balaban J connectivity index is 1.55. The summed E-state index contributed by atoms with van der Waals surface area (Å²) in [6.45, 7) is 6.60. The first kappa shape index (κ1) is 17.8. The van der Waals surface area contributed by atoms with Gasteiger partial charge in [0.1, 0.15) is 0 Å². The average Bonchev–Trinajstić information content (AvgIpc) is 3.14. The average molecular weight is 358 g/mol. The van der Waals surface area contributed by atoms with Crippen LogP contribution in [0.4, 0.5) is 5.69 Å². The molecule has 2 aliphatic heterocycles. The number of carbonyl (C=O) groups excluding carboxylic acids is 1. The van der Waals surface area contributed by atoms with Crippen LogP contribution in [0.15, 0.2) is 24.3 Å². The van der Waals surface area contributed by atoms with E-state index in [4.69, 9.17) is 4.74 Å². The first-order chi connectivity index (χ1) is 12.6. The number of rotatable bonds is 3. The Morgan fingerprint density at radius 3 is 2.81 bits per heavy atom. The maximum absolute atomic E-state index is 13.3. The highest BCUT2D eigenvalue weighted by molar-refractivity contribution is 6.00. The summed E-state index contributed by atoms with van der Waals surface area (Å²) in [5.41, 5.74) is 1.20. The van der Waals surface area contributed by atoms with E-state index >= 15 is 0 Å². The molecule has 1 aliphatic carbocycles. The van der Waals surface area contributed by atoms with E-state index in [0.29, 0.717) is 25.7 Å². The van der Waals surface area contributed by atoms with E-state index in [0.717, 1.165) is 56.6 Å². The van der Waals surface area contributed by atoms with Crippen LogP contribution in [0.25, 0.3) is 0 Å². The zero-order valence-corrected chi connectivity index (χ0v) is 15.7. The van der Waals surface area contributed by atoms with Crippen molar-refractivity contribution in [3.63, 3.8) is 0 Å². The van der Waals surface area contributed by atoms with Gasteiger partial charge in [-0.05, 0) is 37.3 Å². The van der Waals surface area contributed by atoms with Crippen LogP contribution in [-0.4, -0.2) is 60.9 Å². The molecule has 26 heavy (non-hydrogen) atoms. The van der Waals surface area contributed by atoms with Crippen LogP contribution in [-0.2, 0) is 4.74 Å². The summed E-state index contributed by atoms with van der Waals surface area (Å²) in [5.74, 6) is 0.772. The van der Waals surface area contributed by atoms with Crippen molar-refractivity contribution in [1.29, 1.82) is 0 Å². The first-order valence-electron chi connectivity index (χ1n) is 10.1. The standard InChI is InChI=1S/C21H30N2O3/c1-2-21(25)9-5-6-16-14-23(15-18(16)21)20(24)17-7-3-4-8-19(17)22-10-12-26-13-11-22/h3-4,7-8,16,18,25H,2,5-6,9-15H2,1H3/t16-,18+,21-/m0/s1. The molecule has 3 aliphatic rings. The molecular formula is C21H30N2O3. The molecule has 2 saturated heterocycles. The van der Waals surface area contributed by atoms with E-state index in [1.807, 2.05) is 29.2 Å². The highest BCUT2D eigenvalue weighted by Gasteiger charge is 2.48. The molecular weight excluding hydrogens is 328 g/mol. The van der Waals surface area contributed by atoms with Crippen molar-refractivity contribution in [2.45, 2.75) is 38.2 Å². The Kier molecular flexibility index (Phi) is 4.93. The maximum atomic E-state index is 13.3. The van der Waals surface area contributed by atoms with E-state index in [-0.39, 0.29) is 11.8 Å². The number of likely N-dealkylation sites (tertiary alicyclic amines) is 1. The fraction of sp³-hybridized carbons (Fsp3) is 0.667. The van der Waals surface area contributed by atoms with Gasteiger partial charge in [-0.25, -0.2) is 0 Å². The van der Waals surface area contributed by atoms with E-state index in [9.17, 15) is 9.90 Å². The molecule has 142 valence electrons. The Morgan fingerprint density at radius 2 is 2.04 bits per heavy atom. The van der Waals surface area contributed by atoms with Gasteiger partial charge in [0, 0.05) is 37.8 Å². The summed E-state index contributed by atoms with van der Waals surface area (Å²) in [5, 5.41) is 11.0. The number of aliphatic hydroxyl groups is 1. The summed E-state index contributed by atoms with van der Waals surface area (Å²) in [6.07, 6.45) is 3.84. The van der Waals surface area contributed by atoms with Crippen LogP contribution in [0.2, 0.25) is 0 Å². The van der Waals surface area contributed by atoms with Gasteiger partial charge in [-0.15, -0.1) is 0 Å². The molecule has 0 unspecified atom stereocenters. The minimum atomic E-state index is -0.596. The lowest BCUT2D eigenvalue weighted by Crippen LogP contribution is -2.44. The number of amides is 1. The smallest absolute Gasteiger partial charge is 0.255 e. The SMILES string of the molecule is CC[C@]1(O)CCC[C@H]2CN(C(=O)c3ccccc3N3CCOCC3)C[C@H]21. The third-order valence-corrected chi connectivity index (χ3v) is 6.70. The lowest BCUT2D eigenvalue weighted by Gasteiger charge is -2.40. The van der Waals surface area contributed by atoms with Gasteiger partial charge < -0.3 is 19.6 Å². The fourth-order valence-electron chi connectivity index (χ4n) is 5.14. The van der Waals surface area contributed by atoms with E-state index in [2.05, 4.69) is 11.8 Å². The molecule has 1 N–H and O–H groups in total. The lowest BCUT2D eigenvalue weighted by atomic mass is 9.69. The molecule has 5 heteroatoms. The zero-order chi connectivity index (χ0) is 18.1. The minimum Gasteiger partial charge on any atom is -0.390 e. The molecule has 1 aromatic carbocycles. The highest BCUT2D eigenvalue weighted by Crippen LogP contribution is 2.44. The predicted molar refractivity (Wildman–Crippen MR) is 101 cm³/mol. The van der Waals surface area contributed by atoms with Gasteiger partial charge >= 0.3 is 0 Å². The van der Waals surface area contributed by atoms with Crippen molar-refractivity contribution in [2.24, 2.45) is 11.8 Å². The number of hydrogen-bond donors (Lipinski definition) is 1. The number of benzene rings is 1. The van der Waals surface area contributed by atoms with E-state index in [1.165, 1.54) is 0 Å². The second kappa shape index (κ2) is 7.20. The number of fused-ring (bicyclic) bond motifs is 1. The van der Waals surface area contributed by atoms with Crippen molar-refractivity contribution < 1.29 is 14.6 Å². The van der Waals surface area contributed by atoms with Gasteiger partial charge in [0.25, 0.3) is 5.91 Å². The second-order valence-corrected chi connectivity index (χ2v) is 8.04. The number of anilines is 1. The normalized spacial score (nSPS) is 31.8. The van der Waals surface area contributed by atoms with Crippen molar-refractivity contribution in [1.82, 2.24) is 4.90 Å². The van der Waals surface area contributed by atoms with E-state index < -0.39 is 5.60 Å². The van der Waals surface area contributed by atoms with Gasteiger partial charge in [-0.1, -0.05) is 25.5 Å². The zero-order valence-electron chi connectivity index (χ0n) is 15.7. The summed E-state index contributed by atoms with van der Waals surface area (Å²) in [4.78, 5) is 17.6. The van der Waals surface area contributed by atoms with E-state index in [1.54, 1.807) is 0 Å². The molecule has 1 aromatic rings. The summed E-state index contributed by atoms with van der Waals surface area (Å²) < 4.78 is 5.46. The lowest BCUT2D eigenvalue weighted by molar-refractivity contribution is -0.0609. The fourth-order valence-corrected chi connectivity index (χ4v) is 5.14. The largest absolute Gasteiger partial charge is 0.390 e. The van der Waals surface area contributed by atoms with Crippen LogP contribution in [0.1, 0.15) is 43.0 Å². The summed E-state index contributed by atoms with van der Waals surface area (Å²) in [6, 6.07) is 7.94. The molecule has 0 radical (unpaired) electrons. The van der Waals surface area contributed by atoms with Crippen LogP contribution in [0.3, 0.4) is 0 Å². The summed E-state index contributed by atoms with van der Waals surface area (Å²) >= 11 is 0. The molecule has 5 nitrogen and oxygen atoms in total. The second-order valence-electron chi connectivity index (χ2n) is 8.04. The molecule has 0 aromatic heterocycles. The van der Waals surface area contributed by atoms with Gasteiger partial charge in [0.2, 0.25) is 0 Å². The maximum Gasteiger partial charge on any atom is 0.255 e. The number of hydrogen-bond acceptors (Lipinski definition) is 4. The van der Waals surface area contributed by atoms with Crippen LogP contribution in [0.5, 0.6) is 0 Å². The minimum absolute atomic E-state index is 0.111. The third kappa shape index (κ3) is 3.12. The molecule has 4 rings (SSSR count). The van der Waals surface area contributed by atoms with Crippen LogP contribution in [0, 0.1) is 11.8 Å². The number of para-hydroxylation sites is 1. The molecule has 2 heterocycles. The number of ether oxygens (including phenoxy) is 1. The monoisotopic (exact) mass is 358 g/mol. The van der Waals surface area contributed by atoms with Gasteiger partial charge in [0.15, 0.2) is 0 Å². The molecule has 1 saturated carbocycles. The Hall–Kier alpha value is -1.59. The van der Waals surface area contributed by atoms with Gasteiger partial charge in [0.05, 0.1) is 24.4 Å². The third-order valence-electron chi connectivity index (χ3n) is 6.70. The first-order valence-corrected chi connectivity index (χ1v) is 10.1. The Labute approximate surface area is 155 Å². The molecule has 3 atom stereocenters. The highest BCUT2D eigenvalue weighted by atomic mass is 16.5. The number of morpholine rings is 1. The molecule has 0 spiro atoms. The number of nitrogens with zero attached hydrogens (tertiary/aromatic N) is 2. The van der Waals surface area contributed by atoms with Crippen molar-refractivity contribution in [3.8, 4) is 0 Å². The van der Waals surface area contributed by atoms with Crippen LogP contribution < -0.4 is 4.90 Å². The van der Waals surface area contributed by atoms with Crippen molar-refractivity contribution in [3.05, 3.63) is 29.8 Å². The topological polar surface area (TPSA) is 53.0 Å². The molecule has 0 bridgehead atoms. The quantitative estimate of drug-likeness (QED) is 0.902. The summed E-state index contributed by atoms with van der Waals surface area (Å²) in [7, 11) is 0. The van der Waals surface area contributed by atoms with Crippen molar-refractivity contribution >= 4 is 11.6 Å². The van der Waals surface area contributed by atoms with Crippen LogP contribution >= 0.6 is 0 Å². The number of carbonyl (C=O) groups is 1. The molecule has 1 amide bonds. The van der Waals surface area contributed by atoms with Gasteiger partial charge in [-0.2, -0.15) is 0 Å².